The second-order valence-corrected chi connectivity index (χ2v) is 9.24. The lowest BCUT2D eigenvalue weighted by atomic mass is 9.46. The Kier molecular flexibility index (Phi) is 2.25. The summed E-state index contributed by atoms with van der Waals surface area (Å²) in [6.07, 6.45) is 14.5. The third kappa shape index (κ3) is 1.14. The summed E-state index contributed by atoms with van der Waals surface area (Å²) >= 11 is 0. The van der Waals surface area contributed by atoms with Crippen molar-refractivity contribution in [2.45, 2.75) is 94.2 Å². The van der Waals surface area contributed by atoms with Crippen molar-refractivity contribution in [2.24, 2.45) is 23.2 Å². The summed E-state index contributed by atoms with van der Waals surface area (Å²) in [5.74, 6) is 0.275. The molecule has 5 bridgehead atoms. The Bertz CT molecular complexity index is 535. The van der Waals surface area contributed by atoms with Crippen LogP contribution in [-0.2, 0) is 9.47 Å². The molecule has 3 nitrogen and oxygen atoms in total. The van der Waals surface area contributed by atoms with Gasteiger partial charge in [0.2, 0.25) is 0 Å². The maximum absolute atomic E-state index is 11.7. The Morgan fingerprint density at radius 3 is 2.50 bits per heavy atom. The minimum absolute atomic E-state index is 0.0565. The topological polar surface area (TPSA) is 38.7 Å². The predicted molar refractivity (Wildman–Crippen MR) is 80.9 cm³/mol. The molecule has 3 heteroatoms. The highest BCUT2D eigenvalue weighted by atomic mass is 16.8. The highest BCUT2D eigenvalue weighted by molar-refractivity contribution is 5.27. The summed E-state index contributed by atoms with van der Waals surface area (Å²) in [6.45, 7) is 0. The molecule has 3 spiro atoms. The summed E-state index contributed by atoms with van der Waals surface area (Å²) in [7, 11) is 0. The molecular weight excluding hydrogens is 276 g/mol. The number of aliphatic hydroxyl groups is 1. The molecule has 0 aromatic carbocycles. The van der Waals surface area contributed by atoms with Crippen LogP contribution in [0, 0.1) is 23.2 Å². The molecule has 7 fully saturated rings. The monoisotopic (exact) mass is 304 g/mol. The van der Waals surface area contributed by atoms with Crippen molar-refractivity contribution in [1.82, 2.24) is 0 Å². The normalized spacial score (nSPS) is 65.0. The highest BCUT2D eigenvalue weighted by Gasteiger charge is 2.84. The van der Waals surface area contributed by atoms with Gasteiger partial charge in [-0.25, -0.2) is 0 Å². The van der Waals surface area contributed by atoms with Crippen molar-refractivity contribution in [3.8, 4) is 0 Å². The first-order valence-electron chi connectivity index (χ1n) is 9.77. The van der Waals surface area contributed by atoms with Crippen LogP contribution in [0.2, 0.25) is 0 Å². The second-order valence-electron chi connectivity index (χ2n) is 9.24. The van der Waals surface area contributed by atoms with E-state index in [0.29, 0.717) is 17.8 Å². The van der Waals surface area contributed by atoms with Crippen LogP contribution < -0.4 is 0 Å². The lowest BCUT2D eigenvalue weighted by Gasteiger charge is -2.75. The maximum atomic E-state index is 11.7. The van der Waals surface area contributed by atoms with Crippen molar-refractivity contribution in [2.75, 3.05) is 0 Å². The van der Waals surface area contributed by atoms with Crippen LogP contribution in [0.15, 0.2) is 0 Å². The van der Waals surface area contributed by atoms with Gasteiger partial charge < -0.3 is 14.6 Å². The molecular formula is C19H28O3. The Balaban J connectivity index is 1.58. The molecule has 22 heavy (non-hydrogen) atoms. The van der Waals surface area contributed by atoms with Gasteiger partial charge in [-0.3, -0.25) is 0 Å². The standard InChI is InChI=1S/C19H28O3/c20-19-14-7-10-16(19)12-15-6-2-4-9-18(15,22-19)21-17(16)8-3-1-5-13(17)11-14/h13-15,20H,1-12H2/t13-,14-,15-,16+,17+,18+,19+/m1/s1. The molecule has 4 aliphatic carbocycles. The zero-order valence-corrected chi connectivity index (χ0v) is 13.5. The highest BCUT2D eigenvalue weighted by Crippen LogP contribution is 2.78. The van der Waals surface area contributed by atoms with Gasteiger partial charge in [0.15, 0.2) is 11.6 Å². The van der Waals surface area contributed by atoms with E-state index in [1.807, 2.05) is 0 Å². The minimum atomic E-state index is -0.868. The van der Waals surface area contributed by atoms with E-state index >= 15 is 0 Å². The van der Waals surface area contributed by atoms with Crippen molar-refractivity contribution >= 4 is 0 Å². The zero-order chi connectivity index (χ0) is 14.6. The van der Waals surface area contributed by atoms with Gasteiger partial charge in [0.1, 0.15) is 0 Å². The molecule has 3 saturated heterocycles. The summed E-state index contributed by atoms with van der Waals surface area (Å²) in [6, 6.07) is 0. The van der Waals surface area contributed by atoms with Crippen LogP contribution in [0.1, 0.15) is 77.0 Å². The van der Waals surface area contributed by atoms with Gasteiger partial charge in [-0.1, -0.05) is 19.3 Å². The van der Waals surface area contributed by atoms with Crippen molar-refractivity contribution in [1.29, 1.82) is 0 Å². The second kappa shape index (κ2) is 3.75. The summed E-state index contributed by atoms with van der Waals surface area (Å²) in [5.41, 5.74) is -0.142. The van der Waals surface area contributed by atoms with Crippen molar-refractivity contribution in [3.63, 3.8) is 0 Å². The first-order valence-corrected chi connectivity index (χ1v) is 9.77. The van der Waals surface area contributed by atoms with Crippen LogP contribution in [0.25, 0.3) is 0 Å². The van der Waals surface area contributed by atoms with E-state index in [2.05, 4.69) is 0 Å². The predicted octanol–water partition coefficient (Wildman–Crippen LogP) is 3.74. The summed E-state index contributed by atoms with van der Waals surface area (Å²) < 4.78 is 13.6. The molecule has 0 unspecified atom stereocenters. The van der Waals surface area contributed by atoms with Crippen LogP contribution in [0.4, 0.5) is 0 Å². The first kappa shape index (κ1) is 13.2. The first-order chi connectivity index (χ1) is 10.6. The van der Waals surface area contributed by atoms with Gasteiger partial charge in [0.05, 0.1) is 11.0 Å². The number of hydrogen-bond donors (Lipinski definition) is 1. The molecule has 1 N–H and O–H groups in total. The lowest BCUT2D eigenvalue weighted by Crippen LogP contribution is -2.82. The maximum Gasteiger partial charge on any atom is 0.180 e. The van der Waals surface area contributed by atoms with Crippen LogP contribution in [0.5, 0.6) is 0 Å². The average Bonchev–Trinajstić information content (AvgIpc) is 2.70. The van der Waals surface area contributed by atoms with Gasteiger partial charge in [0.25, 0.3) is 0 Å². The molecule has 7 rings (SSSR count). The zero-order valence-electron chi connectivity index (χ0n) is 13.5. The Morgan fingerprint density at radius 1 is 0.773 bits per heavy atom. The van der Waals surface area contributed by atoms with Crippen LogP contribution in [0.3, 0.4) is 0 Å². The number of rotatable bonds is 0. The van der Waals surface area contributed by atoms with Gasteiger partial charge in [-0.15, -0.1) is 0 Å². The molecule has 3 heterocycles. The smallest absolute Gasteiger partial charge is 0.180 e. The van der Waals surface area contributed by atoms with Gasteiger partial charge >= 0.3 is 0 Å². The molecule has 0 amide bonds. The van der Waals surface area contributed by atoms with Gasteiger partial charge in [-0.05, 0) is 57.3 Å². The molecule has 0 aromatic rings. The SMILES string of the molecule is O[C@@]12O[C@@]34CCCC[C@@H]3C[C@]13CC[C@@H]2C[C@H]1CCCC[C@]13O4. The van der Waals surface area contributed by atoms with Gasteiger partial charge in [-0.2, -0.15) is 0 Å². The summed E-state index contributed by atoms with van der Waals surface area (Å²) in [5, 5.41) is 11.7. The van der Waals surface area contributed by atoms with Crippen molar-refractivity contribution < 1.29 is 14.6 Å². The minimum Gasteiger partial charge on any atom is -0.365 e. The molecule has 0 radical (unpaired) electrons. The molecule has 3 aliphatic heterocycles. The number of hydrogen-bond acceptors (Lipinski definition) is 3. The molecule has 4 saturated carbocycles. The quantitative estimate of drug-likeness (QED) is 0.741. The Labute approximate surface area is 132 Å². The third-order valence-electron chi connectivity index (χ3n) is 8.78. The average molecular weight is 304 g/mol. The van der Waals surface area contributed by atoms with E-state index in [1.165, 1.54) is 51.4 Å². The Morgan fingerprint density at radius 2 is 1.59 bits per heavy atom. The number of ether oxygens (including phenoxy) is 2. The fourth-order valence-corrected chi connectivity index (χ4v) is 8.04. The van der Waals surface area contributed by atoms with Crippen LogP contribution in [-0.4, -0.2) is 22.3 Å². The largest absolute Gasteiger partial charge is 0.365 e. The van der Waals surface area contributed by atoms with Crippen LogP contribution >= 0.6 is 0 Å². The van der Waals surface area contributed by atoms with E-state index < -0.39 is 11.6 Å². The van der Waals surface area contributed by atoms with Crippen molar-refractivity contribution in [3.05, 3.63) is 0 Å². The molecule has 7 aliphatic rings. The molecule has 0 aromatic heterocycles. The summed E-state index contributed by atoms with van der Waals surface area (Å²) in [4.78, 5) is 0. The fourth-order valence-electron chi connectivity index (χ4n) is 8.04. The molecule has 7 atom stereocenters. The van der Waals surface area contributed by atoms with E-state index in [-0.39, 0.29) is 11.0 Å². The molecule has 122 valence electrons. The van der Waals surface area contributed by atoms with Gasteiger partial charge in [0, 0.05) is 18.3 Å². The van der Waals surface area contributed by atoms with E-state index in [1.54, 1.807) is 0 Å². The van der Waals surface area contributed by atoms with E-state index in [4.69, 9.17) is 9.47 Å². The van der Waals surface area contributed by atoms with E-state index in [9.17, 15) is 5.11 Å². The van der Waals surface area contributed by atoms with E-state index in [0.717, 1.165) is 25.7 Å². The Hall–Kier alpha value is -0.120. The third-order valence-corrected chi connectivity index (χ3v) is 8.78. The fraction of sp³-hybridized carbons (Fsp3) is 1.00. The lowest BCUT2D eigenvalue weighted by molar-refractivity contribution is -0.548.